The first-order valence-electron chi connectivity index (χ1n) is 5.52. The highest BCUT2D eigenvalue weighted by Crippen LogP contribution is 2.08. The number of hydrogen-bond acceptors (Lipinski definition) is 5. The summed E-state index contributed by atoms with van der Waals surface area (Å²) < 4.78 is 15.9. The number of hydrogen-bond donors (Lipinski definition) is 0. The Morgan fingerprint density at radius 3 is 2.72 bits per heavy atom. The summed E-state index contributed by atoms with van der Waals surface area (Å²) in [7, 11) is 2.92. The molecule has 6 heteroatoms. The van der Waals surface area contributed by atoms with E-state index in [0.717, 1.165) is 0 Å². The van der Waals surface area contributed by atoms with Gasteiger partial charge in [0.2, 0.25) is 0 Å². The Bertz CT molecular complexity index is 454. The van der Waals surface area contributed by atoms with Crippen molar-refractivity contribution in [2.45, 2.75) is 13.0 Å². The SMILES string of the molecule is COCCOC(=O)C(C)n1cccc(OC)c1=O. The first-order valence-corrected chi connectivity index (χ1v) is 5.52. The molecule has 1 aromatic heterocycles. The van der Waals surface area contributed by atoms with Crippen molar-refractivity contribution in [1.29, 1.82) is 0 Å². The molecule has 6 nitrogen and oxygen atoms in total. The lowest BCUT2D eigenvalue weighted by molar-refractivity contribution is -0.148. The van der Waals surface area contributed by atoms with Crippen molar-refractivity contribution in [3.05, 3.63) is 28.7 Å². The van der Waals surface area contributed by atoms with E-state index in [9.17, 15) is 9.59 Å². The van der Waals surface area contributed by atoms with Gasteiger partial charge in [-0.25, -0.2) is 4.79 Å². The molecular formula is C12H17NO5. The average Bonchev–Trinajstić information content (AvgIpc) is 2.38. The third kappa shape index (κ3) is 3.33. The Balaban J connectivity index is 2.80. The Morgan fingerprint density at radius 1 is 1.39 bits per heavy atom. The van der Waals surface area contributed by atoms with E-state index in [-0.39, 0.29) is 17.9 Å². The van der Waals surface area contributed by atoms with E-state index >= 15 is 0 Å². The van der Waals surface area contributed by atoms with Crippen molar-refractivity contribution in [2.75, 3.05) is 27.4 Å². The van der Waals surface area contributed by atoms with Crippen LogP contribution in [0.4, 0.5) is 0 Å². The lowest BCUT2D eigenvalue weighted by atomic mass is 10.3. The molecule has 0 aromatic carbocycles. The minimum Gasteiger partial charge on any atom is -0.491 e. The van der Waals surface area contributed by atoms with Gasteiger partial charge in [0.05, 0.1) is 13.7 Å². The summed E-state index contributed by atoms with van der Waals surface area (Å²) in [6.07, 6.45) is 1.52. The smallest absolute Gasteiger partial charge is 0.329 e. The fourth-order valence-electron chi connectivity index (χ4n) is 1.41. The molecular weight excluding hydrogens is 238 g/mol. The molecule has 1 heterocycles. The summed E-state index contributed by atoms with van der Waals surface area (Å²) in [5.41, 5.74) is -0.365. The predicted molar refractivity (Wildman–Crippen MR) is 64.8 cm³/mol. The molecule has 1 unspecified atom stereocenters. The molecule has 100 valence electrons. The van der Waals surface area contributed by atoms with Crippen LogP contribution in [0.15, 0.2) is 23.1 Å². The van der Waals surface area contributed by atoms with Crippen LogP contribution in [0.3, 0.4) is 0 Å². The van der Waals surface area contributed by atoms with Crippen LogP contribution in [0, 0.1) is 0 Å². The molecule has 1 aromatic rings. The van der Waals surface area contributed by atoms with Gasteiger partial charge in [-0.15, -0.1) is 0 Å². The van der Waals surface area contributed by atoms with Crippen molar-refractivity contribution >= 4 is 5.97 Å². The van der Waals surface area contributed by atoms with E-state index in [1.165, 1.54) is 25.0 Å². The van der Waals surface area contributed by atoms with Gasteiger partial charge in [0, 0.05) is 13.3 Å². The number of esters is 1. The first-order chi connectivity index (χ1) is 8.61. The number of aromatic nitrogens is 1. The molecule has 0 saturated heterocycles. The fraction of sp³-hybridized carbons (Fsp3) is 0.500. The molecule has 1 atom stereocenters. The number of pyridine rings is 1. The number of rotatable bonds is 6. The summed E-state index contributed by atoms with van der Waals surface area (Å²) in [4.78, 5) is 23.6. The van der Waals surface area contributed by atoms with Crippen LogP contribution < -0.4 is 10.3 Å². The molecule has 0 bridgehead atoms. The van der Waals surface area contributed by atoms with Crippen LogP contribution in [-0.2, 0) is 14.3 Å². The second kappa shape index (κ2) is 6.80. The zero-order valence-electron chi connectivity index (χ0n) is 10.7. The van der Waals surface area contributed by atoms with Crippen LogP contribution in [0.1, 0.15) is 13.0 Å². The molecule has 0 spiro atoms. The predicted octanol–water partition coefficient (Wildman–Crippen LogP) is 0.607. The molecule has 0 amide bonds. The highest BCUT2D eigenvalue weighted by atomic mass is 16.6. The summed E-state index contributed by atoms with van der Waals surface area (Å²) in [5.74, 6) is -0.295. The van der Waals surface area contributed by atoms with Crippen LogP contribution in [0.5, 0.6) is 5.75 Å². The van der Waals surface area contributed by atoms with Gasteiger partial charge < -0.3 is 14.2 Å². The summed E-state index contributed by atoms with van der Waals surface area (Å²) >= 11 is 0. The van der Waals surface area contributed by atoms with Crippen LogP contribution >= 0.6 is 0 Å². The Hall–Kier alpha value is -1.82. The van der Waals surface area contributed by atoms with Crippen molar-refractivity contribution in [3.8, 4) is 5.75 Å². The van der Waals surface area contributed by atoms with E-state index in [1.54, 1.807) is 19.1 Å². The summed E-state index contributed by atoms with van der Waals surface area (Å²) in [6.45, 7) is 2.08. The third-order valence-electron chi connectivity index (χ3n) is 2.45. The van der Waals surface area contributed by atoms with E-state index < -0.39 is 12.0 Å². The maximum atomic E-state index is 11.9. The van der Waals surface area contributed by atoms with Gasteiger partial charge in [-0.3, -0.25) is 9.36 Å². The molecule has 0 saturated carbocycles. The number of methoxy groups -OCH3 is 2. The third-order valence-corrected chi connectivity index (χ3v) is 2.45. The quantitative estimate of drug-likeness (QED) is 0.550. The van der Waals surface area contributed by atoms with Gasteiger partial charge in [0.15, 0.2) is 5.75 Å². The highest BCUT2D eigenvalue weighted by Gasteiger charge is 2.18. The lowest BCUT2D eigenvalue weighted by Gasteiger charge is -2.14. The normalized spacial score (nSPS) is 11.9. The summed E-state index contributed by atoms with van der Waals surface area (Å²) in [5, 5.41) is 0. The topological polar surface area (TPSA) is 66.8 Å². The van der Waals surface area contributed by atoms with Gasteiger partial charge in [0.25, 0.3) is 5.56 Å². The van der Waals surface area contributed by atoms with Crippen LogP contribution in [0.25, 0.3) is 0 Å². The molecule has 0 N–H and O–H groups in total. The van der Waals surface area contributed by atoms with E-state index in [4.69, 9.17) is 14.2 Å². The maximum Gasteiger partial charge on any atom is 0.329 e. The minimum absolute atomic E-state index is 0.165. The molecule has 18 heavy (non-hydrogen) atoms. The number of carbonyl (C=O) groups is 1. The fourth-order valence-corrected chi connectivity index (χ4v) is 1.41. The largest absolute Gasteiger partial charge is 0.491 e. The second-order valence-electron chi connectivity index (χ2n) is 3.63. The average molecular weight is 255 g/mol. The van der Waals surface area contributed by atoms with Gasteiger partial charge in [-0.1, -0.05) is 0 Å². The number of carbonyl (C=O) groups excluding carboxylic acids is 1. The monoisotopic (exact) mass is 255 g/mol. The Kier molecular flexibility index (Phi) is 5.38. The maximum absolute atomic E-state index is 11.9. The van der Waals surface area contributed by atoms with Crippen molar-refractivity contribution in [3.63, 3.8) is 0 Å². The van der Waals surface area contributed by atoms with Crippen molar-refractivity contribution in [1.82, 2.24) is 4.57 Å². The number of ether oxygens (including phenoxy) is 3. The number of nitrogens with zero attached hydrogens (tertiary/aromatic N) is 1. The standard InChI is InChI=1S/C12H17NO5/c1-9(12(15)18-8-7-16-2)13-6-4-5-10(17-3)11(13)14/h4-6,9H,7-8H2,1-3H3. The molecule has 0 aliphatic carbocycles. The first kappa shape index (κ1) is 14.2. The highest BCUT2D eigenvalue weighted by molar-refractivity contribution is 5.73. The summed E-state index contributed by atoms with van der Waals surface area (Å²) in [6, 6.07) is 2.48. The van der Waals surface area contributed by atoms with Crippen LogP contribution in [0.2, 0.25) is 0 Å². The molecule has 1 rings (SSSR count). The molecule has 0 aliphatic heterocycles. The molecule has 0 aliphatic rings. The second-order valence-corrected chi connectivity index (χ2v) is 3.63. The van der Waals surface area contributed by atoms with Gasteiger partial charge in [-0.05, 0) is 19.1 Å². The van der Waals surface area contributed by atoms with Crippen molar-refractivity contribution < 1.29 is 19.0 Å². The Labute approximate surface area is 105 Å². The van der Waals surface area contributed by atoms with Gasteiger partial charge >= 0.3 is 5.97 Å². The lowest BCUT2D eigenvalue weighted by Crippen LogP contribution is -2.29. The van der Waals surface area contributed by atoms with Crippen molar-refractivity contribution in [2.24, 2.45) is 0 Å². The van der Waals surface area contributed by atoms with Gasteiger partial charge in [-0.2, -0.15) is 0 Å². The Morgan fingerprint density at radius 2 is 2.11 bits per heavy atom. The van der Waals surface area contributed by atoms with E-state index in [0.29, 0.717) is 6.61 Å². The molecule has 0 radical (unpaired) electrons. The molecule has 0 fully saturated rings. The zero-order valence-corrected chi connectivity index (χ0v) is 10.7. The van der Waals surface area contributed by atoms with Crippen LogP contribution in [-0.4, -0.2) is 38.0 Å². The van der Waals surface area contributed by atoms with Gasteiger partial charge in [0.1, 0.15) is 12.6 Å². The zero-order chi connectivity index (χ0) is 13.5. The van der Waals surface area contributed by atoms with E-state index in [2.05, 4.69) is 0 Å². The van der Waals surface area contributed by atoms with E-state index in [1.807, 2.05) is 0 Å². The minimum atomic E-state index is -0.704.